The van der Waals surface area contributed by atoms with E-state index >= 15 is 0 Å². The highest BCUT2D eigenvalue weighted by Gasteiger charge is 2.19. The topological polar surface area (TPSA) is 78.9 Å². The summed E-state index contributed by atoms with van der Waals surface area (Å²) >= 11 is 0. The molecule has 0 bridgehead atoms. The molecule has 0 radical (unpaired) electrons. The van der Waals surface area contributed by atoms with Crippen LogP contribution in [0.15, 0.2) is 36.5 Å². The normalized spacial score (nSPS) is 12.2. The molecule has 0 fully saturated rings. The molecule has 0 aliphatic carbocycles. The van der Waals surface area contributed by atoms with Gasteiger partial charge in [0.25, 0.3) is 0 Å². The minimum Gasteiger partial charge on any atom is -0.462 e. The summed E-state index contributed by atoms with van der Waals surface area (Å²) in [6.45, 7) is 6.57. The van der Waals surface area contributed by atoms with Crippen LogP contribution in [0.2, 0.25) is 0 Å². The average molecular weight is 1050 g/mol. The Labute approximate surface area is 467 Å². The van der Waals surface area contributed by atoms with E-state index in [1.165, 1.54) is 250 Å². The van der Waals surface area contributed by atoms with E-state index in [4.69, 9.17) is 14.2 Å². The van der Waals surface area contributed by atoms with Crippen LogP contribution in [0.4, 0.5) is 0 Å². The highest BCUT2D eigenvalue weighted by atomic mass is 16.6. The Balaban J connectivity index is 3.86. The van der Waals surface area contributed by atoms with E-state index < -0.39 is 6.10 Å². The quantitative estimate of drug-likeness (QED) is 0.0261. The Hall–Kier alpha value is -2.37. The van der Waals surface area contributed by atoms with Crippen molar-refractivity contribution in [3.05, 3.63) is 36.5 Å². The van der Waals surface area contributed by atoms with Gasteiger partial charge in [0, 0.05) is 19.3 Å². The lowest BCUT2D eigenvalue weighted by molar-refractivity contribution is -0.167. The SMILES string of the molecule is CCCCC/C=C\C/C=C\CCCCCCCCCC(=O)OC(COC(=O)CCCCCCC)COC(=O)CCCCCCCCCCCCCCCCCCCCCCCCC/C=C\CCCCCCCCCC. The van der Waals surface area contributed by atoms with E-state index in [0.717, 1.165) is 77.0 Å². The summed E-state index contributed by atoms with van der Waals surface area (Å²) in [6, 6.07) is 0. The molecule has 75 heavy (non-hydrogen) atoms. The van der Waals surface area contributed by atoms with Gasteiger partial charge in [0.15, 0.2) is 6.10 Å². The predicted octanol–water partition coefficient (Wildman–Crippen LogP) is 22.8. The van der Waals surface area contributed by atoms with Gasteiger partial charge in [-0.2, -0.15) is 0 Å². The zero-order valence-corrected chi connectivity index (χ0v) is 50.6. The molecular formula is C69H128O6. The molecule has 0 aliphatic rings. The van der Waals surface area contributed by atoms with Crippen molar-refractivity contribution in [1.29, 1.82) is 0 Å². The molecule has 0 rings (SSSR count). The Bertz CT molecular complexity index is 1250. The fourth-order valence-electron chi connectivity index (χ4n) is 10.1. The van der Waals surface area contributed by atoms with Gasteiger partial charge in [-0.15, -0.1) is 0 Å². The second-order valence-corrected chi connectivity index (χ2v) is 22.7. The van der Waals surface area contributed by atoms with Crippen molar-refractivity contribution in [2.45, 2.75) is 374 Å². The first kappa shape index (κ1) is 72.6. The fourth-order valence-corrected chi connectivity index (χ4v) is 10.1. The molecule has 0 aromatic rings. The van der Waals surface area contributed by atoms with Crippen LogP contribution in [0.25, 0.3) is 0 Å². The van der Waals surface area contributed by atoms with E-state index in [2.05, 4.69) is 57.2 Å². The van der Waals surface area contributed by atoms with Crippen LogP contribution < -0.4 is 0 Å². The number of ether oxygens (including phenoxy) is 3. The number of hydrogen-bond acceptors (Lipinski definition) is 6. The van der Waals surface area contributed by atoms with E-state index in [1.54, 1.807) is 0 Å². The average Bonchev–Trinajstić information content (AvgIpc) is 3.41. The summed E-state index contributed by atoms with van der Waals surface area (Å²) in [7, 11) is 0. The number of rotatable bonds is 62. The van der Waals surface area contributed by atoms with Crippen LogP contribution >= 0.6 is 0 Å². The van der Waals surface area contributed by atoms with Crippen molar-refractivity contribution in [2.75, 3.05) is 13.2 Å². The first-order chi connectivity index (χ1) is 37.0. The van der Waals surface area contributed by atoms with Gasteiger partial charge in [-0.1, -0.05) is 308 Å². The molecule has 0 aromatic carbocycles. The zero-order valence-electron chi connectivity index (χ0n) is 50.6. The zero-order chi connectivity index (χ0) is 54.3. The molecular weight excluding hydrogens is 925 g/mol. The lowest BCUT2D eigenvalue weighted by atomic mass is 10.0. The number of carbonyl (C=O) groups excluding carboxylic acids is 3. The monoisotopic (exact) mass is 1050 g/mol. The van der Waals surface area contributed by atoms with Gasteiger partial charge in [-0.05, 0) is 77.0 Å². The molecule has 0 aromatic heterocycles. The summed E-state index contributed by atoms with van der Waals surface area (Å²) in [5, 5.41) is 0. The lowest BCUT2D eigenvalue weighted by Crippen LogP contribution is -2.30. The Morgan fingerprint density at radius 2 is 0.480 bits per heavy atom. The third-order valence-electron chi connectivity index (χ3n) is 15.1. The van der Waals surface area contributed by atoms with Crippen molar-refractivity contribution in [3.8, 4) is 0 Å². The molecule has 0 N–H and O–H groups in total. The second kappa shape index (κ2) is 64.2. The molecule has 0 saturated carbocycles. The van der Waals surface area contributed by atoms with E-state index in [-0.39, 0.29) is 31.1 Å². The van der Waals surface area contributed by atoms with Crippen molar-refractivity contribution in [2.24, 2.45) is 0 Å². The summed E-state index contributed by atoms with van der Waals surface area (Å²) in [6.07, 6.45) is 79.5. The molecule has 0 saturated heterocycles. The highest BCUT2D eigenvalue weighted by Crippen LogP contribution is 2.18. The Morgan fingerprint density at radius 3 is 0.773 bits per heavy atom. The molecule has 0 amide bonds. The Kier molecular flexibility index (Phi) is 62.1. The van der Waals surface area contributed by atoms with Crippen LogP contribution in [0, 0.1) is 0 Å². The maximum absolute atomic E-state index is 12.8. The molecule has 0 aliphatic heterocycles. The van der Waals surface area contributed by atoms with Gasteiger partial charge < -0.3 is 14.2 Å². The first-order valence-corrected chi connectivity index (χ1v) is 33.5. The van der Waals surface area contributed by atoms with Crippen LogP contribution in [0.5, 0.6) is 0 Å². The standard InChI is InChI=1S/C69H128O6/c1-4-7-10-13-15-17-19-21-23-25-26-27-28-29-30-31-32-33-34-35-36-37-38-39-40-41-42-44-45-47-49-51-53-56-59-62-68(71)74-65-66(64-73-67(70)61-58-55-12-9-6-3)75-69(72)63-60-57-54-52-50-48-46-43-24-22-20-18-16-14-11-8-5-2/h16,18,22,24-26,66H,4-15,17,19-21,23,27-65H2,1-3H3/b18-16-,24-22-,26-25-. The van der Waals surface area contributed by atoms with Crippen LogP contribution in [0.1, 0.15) is 367 Å². The molecule has 0 heterocycles. The van der Waals surface area contributed by atoms with Gasteiger partial charge >= 0.3 is 17.9 Å². The summed E-state index contributed by atoms with van der Waals surface area (Å²) in [4.78, 5) is 37.9. The maximum Gasteiger partial charge on any atom is 0.306 e. The van der Waals surface area contributed by atoms with Crippen LogP contribution in [-0.4, -0.2) is 37.2 Å². The van der Waals surface area contributed by atoms with Crippen molar-refractivity contribution < 1.29 is 28.6 Å². The molecule has 1 atom stereocenters. The van der Waals surface area contributed by atoms with Crippen LogP contribution in [0.3, 0.4) is 0 Å². The molecule has 6 nitrogen and oxygen atoms in total. The second-order valence-electron chi connectivity index (χ2n) is 22.7. The minimum atomic E-state index is -0.770. The summed E-state index contributed by atoms with van der Waals surface area (Å²) in [5.41, 5.74) is 0. The maximum atomic E-state index is 12.8. The minimum absolute atomic E-state index is 0.0716. The fraction of sp³-hybridized carbons (Fsp3) is 0.870. The van der Waals surface area contributed by atoms with E-state index in [1.807, 2.05) is 0 Å². The van der Waals surface area contributed by atoms with Crippen LogP contribution in [-0.2, 0) is 28.6 Å². The van der Waals surface area contributed by atoms with Gasteiger partial charge in [-0.3, -0.25) is 14.4 Å². The molecule has 0 spiro atoms. The third-order valence-corrected chi connectivity index (χ3v) is 15.1. The number of hydrogen-bond donors (Lipinski definition) is 0. The van der Waals surface area contributed by atoms with Gasteiger partial charge in [0.1, 0.15) is 13.2 Å². The molecule has 440 valence electrons. The predicted molar refractivity (Wildman–Crippen MR) is 326 cm³/mol. The summed E-state index contributed by atoms with van der Waals surface area (Å²) in [5.74, 6) is -0.875. The third kappa shape index (κ3) is 62.4. The number of carbonyl (C=O) groups is 3. The highest BCUT2D eigenvalue weighted by molar-refractivity contribution is 5.71. The molecule has 6 heteroatoms. The number of esters is 3. The van der Waals surface area contributed by atoms with Crippen molar-refractivity contribution >= 4 is 17.9 Å². The number of allylic oxidation sites excluding steroid dienone is 6. The van der Waals surface area contributed by atoms with Gasteiger partial charge in [0.05, 0.1) is 0 Å². The van der Waals surface area contributed by atoms with Gasteiger partial charge in [0.2, 0.25) is 0 Å². The lowest BCUT2D eigenvalue weighted by Gasteiger charge is -2.18. The largest absolute Gasteiger partial charge is 0.462 e. The van der Waals surface area contributed by atoms with Crippen molar-refractivity contribution in [3.63, 3.8) is 0 Å². The number of unbranched alkanes of at least 4 members (excludes halogenated alkanes) is 45. The van der Waals surface area contributed by atoms with Gasteiger partial charge in [-0.25, -0.2) is 0 Å². The summed E-state index contributed by atoms with van der Waals surface area (Å²) < 4.78 is 16.8. The first-order valence-electron chi connectivity index (χ1n) is 33.5. The smallest absolute Gasteiger partial charge is 0.306 e. The Morgan fingerprint density at radius 1 is 0.267 bits per heavy atom. The van der Waals surface area contributed by atoms with E-state index in [9.17, 15) is 14.4 Å². The van der Waals surface area contributed by atoms with Crippen molar-refractivity contribution in [1.82, 2.24) is 0 Å². The molecule has 1 unspecified atom stereocenters. The van der Waals surface area contributed by atoms with E-state index in [0.29, 0.717) is 19.3 Å².